The SMILES string of the molecule is CNC(c1ccc(Br)o1)c1c(Cl)cnn1CCOC. The zero-order chi connectivity index (χ0) is 13.8. The Bertz CT molecular complexity index is 541. The Morgan fingerprint density at radius 1 is 1.58 bits per heavy atom. The van der Waals surface area contributed by atoms with Gasteiger partial charge in [0.2, 0.25) is 0 Å². The highest BCUT2D eigenvalue weighted by Gasteiger charge is 2.23. The van der Waals surface area contributed by atoms with Gasteiger partial charge in [-0.15, -0.1) is 0 Å². The predicted molar refractivity (Wildman–Crippen MR) is 76.4 cm³/mol. The summed E-state index contributed by atoms with van der Waals surface area (Å²) in [5.41, 5.74) is 0.864. The summed E-state index contributed by atoms with van der Waals surface area (Å²) in [7, 11) is 3.51. The number of ether oxygens (including phenoxy) is 1. The van der Waals surface area contributed by atoms with Gasteiger partial charge in [0.1, 0.15) is 11.8 Å². The van der Waals surface area contributed by atoms with Crippen molar-refractivity contribution in [2.24, 2.45) is 0 Å². The Kier molecular flexibility index (Phi) is 5.04. The van der Waals surface area contributed by atoms with Gasteiger partial charge in [0.05, 0.1) is 30.1 Å². The van der Waals surface area contributed by atoms with E-state index in [0.717, 1.165) is 11.5 Å². The maximum Gasteiger partial charge on any atom is 0.169 e. The zero-order valence-electron chi connectivity index (χ0n) is 10.7. The molecule has 0 saturated heterocycles. The summed E-state index contributed by atoms with van der Waals surface area (Å²) < 4.78 is 13.2. The van der Waals surface area contributed by atoms with Crippen molar-refractivity contribution in [3.8, 4) is 0 Å². The Morgan fingerprint density at radius 2 is 2.37 bits per heavy atom. The lowest BCUT2D eigenvalue weighted by Crippen LogP contribution is -2.22. The Balaban J connectivity index is 2.34. The first kappa shape index (κ1) is 14.6. The van der Waals surface area contributed by atoms with E-state index in [4.69, 9.17) is 20.8 Å². The monoisotopic (exact) mass is 347 g/mol. The molecule has 0 aliphatic carbocycles. The minimum Gasteiger partial charge on any atom is -0.452 e. The van der Waals surface area contributed by atoms with Gasteiger partial charge in [0, 0.05) is 7.11 Å². The van der Waals surface area contributed by atoms with Crippen molar-refractivity contribution in [1.29, 1.82) is 0 Å². The van der Waals surface area contributed by atoms with E-state index >= 15 is 0 Å². The minimum atomic E-state index is -0.154. The van der Waals surface area contributed by atoms with E-state index < -0.39 is 0 Å². The van der Waals surface area contributed by atoms with Gasteiger partial charge in [-0.05, 0) is 35.1 Å². The molecule has 2 aromatic heterocycles. The first-order valence-electron chi connectivity index (χ1n) is 5.80. The quantitative estimate of drug-likeness (QED) is 0.872. The Hall–Kier alpha value is -0.820. The summed E-state index contributed by atoms with van der Waals surface area (Å²) in [5.74, 6) is 0.774. The molecule has 7 heteroatoms. The maximum absolute atomic E-state index is 6.24. The van der Waals surface area contributed by atoms with Crippen molar-refractivity contribution in [1.82, 2.24) is 15.1 Å². The molecule has 0 aromatic carbocycles. The predicted octanol–water partition coefficient (Wildman–Crippen LogP) is 2.85. The van der Waals surface area contributed by atoms with Crippen LogP contribution in [-0.4, -0.2) is 30.5 Å². The van der Waals surface area contributed by atoms with Crippen molar-refractivity contribution < 1.29 is 9.15 Å². The Labute approximate surface area is 125 Å². The summed E-state index contributed by atoms with van der Waals surface area (Å²) in [6.07, 6.45) is 1.63. The molecule has 0 aliphatic rings. The van der Waals surface area contributed by atoms with E-state index in [-0.39, 0.29) is 6.04 Å². The highest BCUT2D eigenvalue weighted by molar-refractivity contribution is 9.10. The number of halogens is 2. The molecule has 0 radical (unpaired) electrons. The third-order valence-corrected chi connectivity index (χ3v) is 3.50. The topological polar surface area (TPSA) is 52.2 Å². The lowest BCUT2D eigenvalue weighted by atomic mass is 10.1. The summed E-state index contributed by atoms with van der Waals surface area (Å²) in [6.45, 7) is 1.21. The number of nitrogens with zero attached hydrogens (tertiary/aromatic N) is 2. The molecule has 0 bridgehead atoms. The van der Waals surface area contributed by atoms with Crippen molar-refractivity contribution in [3.63, 3.8) is 0 Å². The van der Waals surface area contributed by atoms with Crippen LogP contribution in [0.25, 0.3) is 0 Å². The standard InChI is InChI=1S/C12H15BrClN3O2/c1-15-11(9-3-4-10(13)19-9)12-8(14)7-16-17(12)5-6-18-2/h3-4,7,11,15H,5-6H2,1-2H3. The van der Waals surface area contributed by atoms with Gasteiger partial charge < -0.3 is 14.5 Å². The van der Waals surface area contributed by atoms with E-state index in [2.05, 4.69) is 26.3 Å². The number of furan rings is 1. The Morgan fingerprint density at radius 3 is 2.95 bits per heavy atom. The number of hydrogen-bond acceptors (Lipinski definition) is 4. The number of methoxy groups -OCH3 is 1. The van der Waals surface area contributed by atoms with Gasteiger partial charge in [-0.1, -0.05) is 11.6 Å². The van der Waals surface area contributed by atoms with Crippen LogP contribution in [0.4, 0.5) is 0 Å². The van der Waals surface area contributed by atoms with E-state index in [1.807, 2.05) is 23.9 Å². The summed E-state index contributed by atoms with van der Waals surface area (Å²) >= 11 is 9.54. The fourth-order valence-corrected chi connectivity index (χ4v) is 2.48. The van der Waals surface area contributed by atoms with E-state index in [1.54, 1.807) is 13.3 Å². The highest BCUT2D eigenvalue weighted by Crippen LogP contribution is 2.30. The fourth-order valence-electron chi connectivity index (χ4n) is 1.91. The molecule has 19 heavy (non-hydrogen) atoms. The molecule has 1 N–H and O–H groups in total. The third-order valence-electron chi connectivity index (χ3n) is 2.78. The van der Waals surface area contributed by atoms with Gasteiger partial charge in [-0.2, -0.15) is 5.10 Å². The van der Waals surface area contributed by atoms with Crippen LogP contribution in [0.5, 0.6) is 0 Å². The molecule has 104 valence electrons. The molecule has 0 amide bonds. The second kappa shape index (κ2) is 6.56. The largest absolute Gasteiger partial charge is 0.452 e. The normalized spacial score (nSPS) is 12.8. The van der Waals surface area contributed by atoms with Gasteiger partial charge in [-0.25, -0.2) is 0 Å². The van der Waals surface area contributed by atoms with Crippen LogP contribution in [-0.2, 0) is 11.3 Å². The minimum absolute atomic E-state index is 0.154. The average molecular weight is 349 g/mol. The van der Waals surface area contributed by atoms with Crippen molar-refractivity contribution >= 4 is 27.5 Å². The summed E-state index contributed by atoms with van der Waals surface area (Å²) in [6, 6.07) is 3.59. The van der Waals surface area contributed by atoms with Crippen LogP contribution >= 0.6 is 27.5 Å². The molecule has 2 aromatic rings. The zero-order valence-corrected chi connectivity index (χ0v) is 13.0. The smallest absolute Gasteiger partial charge is 0.169 e. The third kappa shape index (κ3) is 3.20. The highest BCUT2D eigenvalue weighted by atomic mass is 79.9. The van der Waals surface area contributed by atoms with Crippen LogP contribution in [0.1, 0.15) is 17.5 Å². The number of hydrogen-bond donors (Lipinski definition) is 1. The molecule has 0 spiro atoms. The van der Waals surface area contributed by atoms with Gasteiger partial charge in [0.25, 0.3) is 0 Å². The first-order valence-corrected chi connectivity index (χ1v) is 6.97. The molecular formula is C12H15BrClN3O2. The van der Waals surface area contributed by atoms with Crippen LogP contribution in [0.15, 0.2) is 27.4 Å². The van der Waals surface area contributed by atoms with Crippen molar-refractivity contribution in [3.05, 3.63) is 39.5 Å². The van der Waals surface area contributed by atoms with Gasteiger partial charge >= 0.3 is 0 Å². The second-order valence-electron chi connectivity index (χ2n) is 3.96. The molecule has 0 saturated carbocycles. The first-order chi connectivity index (χ1) is 9.17. The molecule has 2 rings (SSSR count). The maximum atomic E-state index is 6.24. The van der Waals surface area contributed by atoms with Crippen LogP contribution < -0.4 is 5.32 Å². The lowest BCUT2D eigenvalue weighted by Gasteiger charge is -2.16. The van der Waals surface area contributed by atoms with Crippen LogP contribution in [0, 0.1) is 0 Å². The van der Waals surface area contributed by atoms with E-state index in [0.29, 0.717) is 22.8 Å². The second-order valence-corrected chi connectivity index (χ2v) is 5.15. The molecular weight excluding hydrogens is 334 g/mol. The summed E-state index contributed by atoms with van der Waals surface area (Å²) in [5, 5.41) is 8.06. The van der Waals surface area contributed by atoms with Crippen LogP contribution in [0.3, 0.4) is 0 Å². The summed E-state index contributed by atoms with van der Waals surface area (Å²) in [4.78, 5) is 0. The van der Waals surface area contributed by atoms with E-state index in [9.17, 15) is 0 Å². The van der Waals surface area contributed by atoms with Crippen molar-refractivity contribution in [2.45, 2.75) is 12.6 Å². The number of rotatable bonds is 6. The lowest BCUT2D eigenvalue weighted by molar-refractivity contribution is 0.181. The average Bonchev–Trinajstić information content (AvgIpc) is 2.97. The van der Waals surface area contributed by atoms with Gasteiger partial charge in [0.15, 0.2) is 4.67 Å². The molecule has 0 fully saturated rings. The molecule has 0 aliphatic heterocycles. The van der Waals surface area contributed by atoms with Gasteiger partial charge in [-0.3, -0.25) is 4.68 Å². The van der Waals surface area contributed by atoms with Crippen LogP contribution in [0.2, 0.25) is 5.02 Å². The number of nitrogens with one attached hydrogen (secondary N) is 1. The number of aromatic nitrogens is 2. The molecule has 5 nitrogen and oxygen atoms in total. The molecule has 2 heterocycles. The van der Waals surface area contributed by atoms with Crippen molar-refractivity contribution in [2.75, 3.05) is 20.8 Å². The molecule has 1 unspecified atom stereocenters. The fraction of sp³-hybridized carbons (Fsp3) is 0.417. The van der Waals surface area contributed by atoms with E-state index in [1.165, 1.54) is 0 Å². The molecule has 1 atom stereocenters.